The maximum atomic E-state index is 5.69. The van der Waals surface area contributed by atoms with Gasteiger partial charge in [0.25, 0.3) is 0 Å². The van der Waals surface area contributed by atoms with Gasteiger partial charge < -0.3 is 15.5 Å². The van der Waals surface area contributed by atoms with Crippen LogP contribution in [-0.4, -0.2) is 12.6 Å². The number of furan rings is 1. The van der Waals surface area contributed by atoms with E-state index < -0.39 is 0 Å². The van der Waals surface area contributed by atoms with Crippen molar-refractivity contribution in [3.8, 4) is 0 Å². The van der Waals surface area contributed by atoms with Gasteiger partial charge in [0, 0.05) is 12.6 Å². The van der Waals surface area contributed by atoms with Gasteiger partial charge in [-0.05, 0) is 12.1 Å². The Bertz CT molecular complexity index is 207. The van der Waals surface area contributed by atoms with E-state index in [0.717, 1.165) is 12.3 Å². The largest absolute Gasteiger partial charge is 0.468 e. The van der Waals surface area contributed by atoms with Crippen molar-refractivity contribution in [1.82, 2.24) is 5.32 Å². The van der Waals surface area contributed by atoms with Gasteiger partial charge in [-0.15, -0.1) is 0 Å². The van der Waals surface area contributed by atoms with Crippen LogP contribution in [0.1, 0.15) is 11.8 Å². The molecule has 0 aliphatic carbocycles. The summed E-state index contributed by atoms with van der Waals surface area (Å²) in [6.07, 6.45) is 1.67. The maximum Gasteiger partial charge on any atom is 0.122 e. The Kier molecular flexibility index (Phi) is 1.25. The lowest BCUT2D eigenvalue weighted by atomic mass is 9.99. The first-order valence-corrected chi connectivity index (χ1v) is 3.40. The first-order chi connectivity index (χ1) is 4.88. The lowest BCUT2D eigenvalue weighted by Gasteiger charge is -2.33. The highest BCUT2D eigenvalue weighted by Gasteiger charge is 2.29. The molecule has 54 valence electrons. The third kappa shape index (κ3) is 0.751. The Morgan fingerprint density at radius 3 is 3.00 bits per heavy atom. The van der Waals surface area contributed by atoms with Crippen molar-refractivity contribution in [3.05, 3.63) is 24.2 Å². The summed E-state index contributed by atoms with van der Waals surface area (Å²) in [5.74, 6) is 0.943. The molecule has 1 fully saturated rings. The molecule has 0 aromatic carbocycles. The molecule has 3 nitrogen and oxygen atoms in total. The molecule has 0 saturated carbocycles. The number of nitrogens with two attached hydrogens (primary N) is 1. The van der Waals surface area contributed by atoms with Gasteiger partial charge >= 0.3 is 0 Å². The lowest BCUT2D eigenvalue weighted by molar-refractivity contribution is 0.273. The van der Waals surface area contributed by atoms with Crippen LogP contribution in [-0.2, 0) is 0 Å². The van der Waals surface area contributed by atoms with Crippen molar-refractivity contribution in [2.24, 2.45) is 5.73 Å². The second-order valence-corrected chi connectivity index (χ2v) is 2.57. The fraction of sp³-hybridized carbons (Fsp3) is 0.429. The summed E-state index contributed by atoms with van der Waals surface area (Å²) in [6.45, 7) is 0.894. The molecule has 1 aliphatic rings. The van der Waals surface area contributed by atoms with Crippen molar-refractivity contribution in [1.29, 1.82) is 0 Å². The minimum Gasteiger partial charge on any atom is -0.468 e. The van der Waals surface area contributed by atoms with Gasteiger partial charge in [-0.25, -0.2) is 0 Å². The van der Waals surface area contributed by atoms with Crippen LogP contribution in [0.5, 0.6) is 0 Å². The zero-order valence-electron chi connectivity index (χ0n) is 5.58. The highest BCUT2D eigenvalue weighted by atomic mass is 16.3. The Morgan fingerprint density at radius 1 is 1.70 bits per heavy atom. The molecule has 10 heavy (non-hydrogen) atoms. The van der Waals surface area contributed by atoms with E-state index in [0.29, 0.717) is 0 Å². The smallest absolute Gasteiger partial charge is 0.122 e. The molecule has 2 atom stereocenters. The summed E-state index contributed by atoms with van der Waals surface area (Å²) in [5, 5.41) is 3.18. The van der Waals surface area contributed by atoms with E-state index in [9.17, 15) is 0 Å². The predicted molar refractivity (Wildman–Crippen MR) is 37.4 cm³/mol. The molecular formula is C7H10N2O. The van der Waals surface area contributed by atoms with E-state index in [1.807, 2.05) is 12.1 Å². The SMILES string of the molecule is NC1CNC1c1ccco1. The Labute approximate surface area is 59.2 Å². The van der Waals surface area contributed by atoms with Gasteiger partial charge in [-0.2, -0.15) is 0 Å². The second kappa shape index (κ2) is 2.11. The van der Waals surface area contributed by atoms with Crippen LogP contribution < -0.4 is 11.1 Å². The summed E-state index contributed by atoms with van der Waals surface area (Å²) in [4.78, 5) is 0. The summed E-state index contributed by atoms with van der Waals surface area (Å²) >= 11 is 0. The van der Waals surface area contributed by atoms with Crippen LogP contribution in [0.15, 0.2) is 22.8 Å². The zero-order chi connectivity index (χ0) is 6.97. The first kappa shape index (κ1) is 5.95. The maximum absolute atomic E-state index is 5.69. The standard InChI is InChI=1S/C7H10N2O/c8-5-4-9-7(5)6-2-1-3-10-6/h1-3,5,7,9H,4,8H2. The van der Waals surface area contributed by atoms with Crippen LogP contribution in [0.4, 0.5) is 0 Å². The van der Waals surface area contributed by atoms with E-state index in [1.165, 1.54) is 0 Å². The van der Waals surface area contributed by atoms with Gasteiger partial charge in [0.2, 0.25) is 0 Å². The zero-order valence-corrected chi connectivity index (χ0v) is 5.58. The van der Waals surface area contributed by atoms with Gasteiger partial charge in [0.05, 0.1) is 12.3 Å². The summed E-state index contributed by atoms with van der Waals surface area (Å²) in [6, 6.07) is 4.29. The predicted octanol–water partition coefficient (Wildman–Crippen LogP) is 0.251. The van der Waals surface area contributed by atoms with Crippen molar-refractivity contribution in [2.75, 3.05) is 6.54 Å². The molecule has 0 bridgehead atoms. The van der Waals surface area contributed by atoms with Crippen molar-refractivity contribution in [3.63, 3.8) is 0 Å². The highest BCUT2D eigenvalue weighted by Crippen LogP contribution is 2.21. The topological polar surface area (TPSA) is 51.2 Å². The first-order valence-electron chi connectivity index (χ1n) is 3.40. The number of hydrogen-bond donors (Lipinski definition) is 2. The Hall–Kier alpha value is -0.800. The van der Waals surface area contributed by atoms with Gasteiger partial charge in [0.1, 0.15) is 5.76 Å². The molecule has 3 heteroatoms. The van der Waals surface area contributed by atoms with Crippen molar-refractivity contribution >= 4 is 0 Å². The average Bonchev–Trinajstić information content (AvgIpc) is 2.37. The second-order valence-electron chi connectivity index (χ2n) is 2.57. The molecule has 3 N–H and O–H groups in total. The molecule has 1 aromatic rings. The lowest BCUT2D eigenvalue weighted by Crippen LogP contribution is -2.55. The van der Waals surface area contributed by atoms with Gasteiger partial charge in [-0.3, -0.25) is 0 Å². The minimum absolute atomic E-state index is 0.228. The van der Waals surface area contributed by atoms with E-state index in [4.69, 9.17) is 10.2 Å². The Balaban J connectivity index is 2.14. The van der Waals surface area contributed by atoms with E-state index in [2.05, 4.69) is 5.32 Å². The van der Waals surface area contributed by atoms with Crippen LogP contribution in [0.25, 0.3) is 0 Å². The third-order valence-electron chi connectivity index (χ3n) is 1.85. The third-order valence-corrected chi connectivity index (χ3v) is 1.85. The highest BCUT2D eigenvalue weighted by molar-refractivity contribution is 5.11. The molecule has 0 amide bonds. The van der Waals surface area contributed by atoms with E-state index in [1.54, 1.807) is 6.26 Å². The van der Waals surface area contributed by atoms with Crippen LogP contribution in [0.2, 0.25) is 0 Å². The molecule has 1 aromatic heterocycles. The normalized spacial score (nSPS) is 31.7. The summed E-state index contributed by atoms with van der Waals surface area (Å²) in [5.41, 5.74) is 5.69. The van der Waals surface area contributed by atoms with E-state index >= 15 is 0 Å². The van der Waals surface area contributed by atoms with Crippen LogP contribution in [0.3, 0.4) is 0 Å². The molecule has 0 spiro atoms. The quantitative estimate of drug-likeness (QED) is 0.585. The molecule has 0 radical (unpaired) electrons. The molecule has 1 saturated heterocycles. The van der Waals surface area contributed by atoms with Gasteiger partial charge in [-0.1, -0.05) is 0 Å². The van der Waals surface area contributed by atoms with Crippen LogP contribution >= 0.6 is 0 Å². The number of rotatable bonds is 1. The van der Waals surface area contributed by atoms with E-state index in [-0.39, 0.29) is 12.1 Å². The van der Waals surface area contributed by atoms with Crippen molar-refractivity contribution in [2.45, 2.75) is 12.1 Å². The van der Waals surface area contributed by atoms with Crippen LogP contribution in [0, 0.1) is 0 Å². The Morgan fingerprint density at radius 2 is 2.60 bits per heavy atom. The summed E-state index contributed by atoms with van der Waals surface area (Å²) < 4.78 is 5.17. The number of nitrogens with one attached hydrogen (secondary N) is 1. The fourth-order valence-corrected chi connectivity index (χ4v) is 1.15. The van der Waals surface area contributed by atoms with Gasteiger partial charge in [0.15, 0.2) is 0 Å². The number of hydrogen-bond acceptors (Lipinski definition) is 3. The molecule has 2 heterocycles. The fourth-order valence-electron chi connectivity index (χ4n) is 1.15. The molecular weight excluding hydrogens is 128 g/mol. The minimum atomic E-state index is 0.228. The molecule has 1 aliphatic heterocycles. The molecule has 2 unspecified atom stereocenters. The monoisotopic (exact) mass is 138 g/mol. The average molecular weight is 138 g/mol. The molecule has 2 rings (SSSR count). The summed E-state index contributed by atoms with van der Waals surface area (Å²) in [7, 11) is 0. The van der Waals surface area contributed by atoms with Crippen molar-refractivity contribution < 1.29 is 4.42 Å².